The maximum absolute atomic E-state index is 2.47. The van der Waals surface area contributed by atoms with Gasteiger partial charge in [-0.2, -0.15) is 0 Å². The van der Waals surface area contributed by atoms with Gasteiger partial charge in [0, 0.05) is 22.3 Å². The molecule has 17 heavy (non-hydrogen) atoms. The quantitative estimate of drug-likeness (QED) is 0.680. The lowest BCUT2D eigenvalue weighted by Gasteiger charge is -2.44. The Morgan fingerprint density at radius 3 is 1.82 bits per heavy atom. The van der Waals surface area contributed by atoms with Gasteiger partial charge in [-0.15, -0.1) is 0 Å². The van der Waals surface area contributed by atoms with Crippen molar-refractivity contribution in [1.29, 1.82) is 0 Å². The van der Waals surface area contributed by atoms with Crippen molar-refractivity contribution in [3.8, 4) is 0 Å². The molecule has 92 valence electrons. The Hall–Kier alpha value is -1.24. The van der Waals surface area contributed by atoms with Crippen LogP contribution in [0.1, 0.15) is 41.5 Å². The van der Waals surface area contributed by atoms with Gasteiger partial charge >= 0.3 is 0 Å². The summed E-state index contributed by atoms with van der Waals surface area (Å²) in [5.41, 5.74) is 4.49. The minimum atomic E-state index is 0.114. The molecule has 0 fully saturated rings. The molecule has 1 aliphatic rings. The number of benzene rings is 1. The Labute approximate surface area is 105 Å². The highest BCUT2D eigenvalue weighted by molar-refractivity contribution is 5.60. The summed E-state index contributed by atoms with van der Waals surface area (Å²) in [6.07, 6.45) is 0. The predicted molar refractivity (Wildman–Crippen MR) is 75.2 cm³/mol. The zero-order chi connectivity index (χ0) is 12.8. The fourth-order valence-corrected chi connectivity index (χ4v) is 2.87. The topological polar surface area (TPSA) is 3.24 Å². The van der Waals surface area contributed by atoms with Crippen LogP contribution in [0.25, 0.3) is 0 Å². The lowest BCUT2D eigenvalue weighted by Crippen LogP contribution is -2.48. The standard InChI is InChI=1S/C16H23N/c1-12-13(2)17(14-10-8-7-9-11-14)16(5,6)15(12,3)4/h7-11H,1-6H3. The van der Waals surface area contributed by atoms with Gasteiger partial charge in [-0.3, -0.25) is 0 Å². The van der Waals surface area contributed by atoms with Crippen molar-refractivity contribution in [2.75, 3.05) is 4.90 Å². The monoisotopic (exact) mass is 229 g/mol. The minimum absolute atomic E-state index is 0.114. The molecule has 1 heteroatoms. The average Bonchev–Trinajstić information content (AvgIpc) is 2.39. The predicted octanol–water partition coefficient (Wildman–Crippen LogP) is 4.61. The molecule has 0 atom stereocenters. The molecule has 1 heterocycles. The van der Waals surface area contributed by atoms with E-state index in [-0.39, 0.29) is 11.0 Å². The van der Waals surface area contributed by atoms with Crippen molar-refractivity contribution in [3.63, 3.8) is 0 Å². The summed E-state index contributed by atoms with van der Waals surface area (Å²) in [4.78, 5) is 2.47. The van der Waals surface area contributed by atoms with E-state index in [1.54, 1.807) is 0 Å². The van der Waals surface area contributed by atoms with Crippen molar-refractivity contribution < 1.29 is 0 Å². The van der Waals surface area contributed by atoms with Crippen LogP contribution in [-0.4, -0.2) is 5.54 Å². The first-order valence-electron chi connectivity index (χ1n) is 6.33. The number of hydrogen-bond acceptors (Lipinski definition) is 1. The Kier molecular flexibility index (Phi) is 2.61. The summed E-state index contributed by atoms with van der Waals surface area (Å²) in [7, 11) is 0. The molecule has 0 aliphatic carbocycles. The molecule has 0 spiro atoms. The van der Waals surface area contributed by atoms with Gasteiger partial charge < -0.3 is 4.90 Å². The van der Waals surface area contributed by atoms with E-state index >= 15 is 0 Å². The molecule has 0 amide bonds. The van der Waals surface area contributed by atoms with Crippen LogP contribution < -0.4 is 4.90 Å². The van der Waals surface area contributed by atoms with E-state index in [1.807, 2.05) is 0 Å². The van der Waals surface area contributed by atoms with Gasteiger partial charge in [-0.25, -0.2) is 0 Å². The largest absolute Gasteiger partial charge is 0.339 e. The van der Waals surface area contributed by atoms with Gasteiger partial charge in [0.1, 0.15) is 0 Å². The van der Waals surface area contributed by atoms with Crippen molar-refractivity contribution in [2.45, 2.75) is 47.1 Å². The fourth-order valence-electron chi connectivity index (χ4n) is 2.87. The van der Waals surface area contributed by atoms with Crippen LogP contribution in [0.3, 0.4) is 0 Å². The van der Waals surface area contributed by atoms with Gasteiger partial charge in [-0.1, -0.05) is 32.0 Å². The van der Waals surface area contributed by atoms with E-state index in [1.165, 1.54) is 17.0 Å². The number of rotatable bonds is 1. The summed E-state index contributed by atoms with van der Waals surface area (Å²) in [6.45, 7) is 13.8. The van der Waals surface area contributed by atoms with E-state index in [0.29, 0.717) is 0 Å². The fraction of sp³-hybridized carbons (Fsp3) is 0.500. The Bertz CT molecular complexity index is 452. The van der Waals surface area contributed by atoms with Gasteiger partial charge in [-0.05, 0) is 45.4 Å². The molecule has 0 radical (unpaired) electrons. The molecule has 0 saturated carbocycles. The molecular weight excluding hydrogens is 206 g/mol. The van der Waals surface area contributed by atoms with E-state index in [2.05, 4.69) is 76.8 Å². The van der Waals surface area contributed by atoms with Gasteiger partial charge in [0.25, 0.3) is 0 Å². The summed E-state index contributed by atoms with van der Waals surface area (Å²) >= 11 is 0. The molecule has 1 aliphatic heterocycles. The minimum Gasteiger partial charge on any atom is -0.339 e. The summed E-state index contributed by atoms with van der Waals surface area (Å²) < 4.78 is 0. The third-order valence-electron chi connectivity index (χ3n) is 4.92. The van der Waals surface area contributed by atoms with Gasteiger partial charge in [0.15, 0.2) is 0 Å². The number of para-hydroxylation sites is 1. The second-order valence-electron chi connectivity index (χ2n) is 6.07. The van der Waals surface area contributed by atoms with Crippen LogP contribution in [0, 0.1) is 5.41 Å². The molecule has 0 unspecified atom stereocenters. The maximum Gasteiger partial charge on any atom is 0.0480 e. The first-order valence-corrected chi connectivity index (χ1v) is 6.33. The smallest absolute Gasteiger partial charge is 0.0480 e. The highest BCUT2D eigenvalue weighted by Crippen LogP contribution is 2.52. The first kappa shape index (κ1) is 12.2. The number of hydrogen-bond donors (Lipinski definition) is 0. The molecule has 1 aromatic carbocycles. The Morgan fingerprint density at radius 1 is 0.882 bits per heavy atom. The molecule has 1 aromatic rings. The second kappa shape index (κ2) is 3.63. The van der Waals surface area contributed by atoms with Crippen LogP contribution in [0.15, 0.2) is 41.6 Å². The molecule has 0 saturated heterocycles. The molecule has 2 rings (SSSR count). The van der Waals surface area contributed by atoms with E-state index < -0.39 is 0 Å². The lowest BCUT2D eigenvalue weighted by molar-refractivity contribution is 0.274. The lowest BCUT2D eigenvalue weighted by atomic mass is 9.72. The molecule has 0 bridgehead atoms. The molecular formula is C16H23N. The molecule has 1 nitrogen and oxygen atoms in total. The summed E-state index contributed by atoms with van der Waals surface area (Å²) in [5.74, 6) is 0. The first-order chi connectivity index (χ1) is 7.80. The van der Waals surface area contributed by atoms with Gasteiger partial charge in [0.05, 0.1) is 0 Å². The highest BCUT2D eigenvalue weighted by Gasteiger charge is 2.49. The highest BCUT2D eigenvalue weighted by atomic mass is 15.2. The molecule has 0 N–H and O–H groups in total. The number of nitrogens with zero attached hydrogens (tertiary/aromatic N) is 1. The second-order valence-corrected chi connectivity index (χ2v) is 6.07. The Balaban J connectivity index is 2.57. The Morgan fingerprint density at radius 2 is 1.41 bits per heavy atom. The van der Waals surface area contributed by atoms with Crippen LogP contribution >= 0.6 is 0 Å². The van der Waals surface area contributed by atoms with E-state index in [9.17, 15) is 0 Å². The van der Waals surface area contributed by atoms with Crippen molar-refractivity contribution in [3.05, 3.63) is 41.6 Å². The van der Waals surface area contributed by atoms with Crippen molar-refractivity contribution >= 4 is 5.69 Å². The summed E-state index contributed by atoms with van der Waals surface area (Å²) in [6, 6.07) is 10.7. The summed E-state index contributed by atoms with van der Waals surface area (Å²) in [5, 5.41) is 0. The molecule has 0 aromatic heterocycles. The van der Waals surface area contributed by atoms with E-state index in [4.69, 9.17) is 0 Å². The zero-order valence-electron chi connectivity index (χ0n) is 11.8. The normalized spacial score (nSPS) is 22.1. The van der Waals surface area contributed by atoms with E-state index in [0.717, 1.165) is 0 Å². The van der Waals surface area contributed by atoms with Crippen LogP contribution in [0.2, 0.25) is 0 Å². The van der Waals surface area contributed by atoms with Crippen LogP contribution in [0.4, 0.5) is 5.69 Å². The average molecular weight is 229 g/mol. The third kappa shape index (κ3) is 1.52. The maximum atomic E-state index is 2.47. The van der Waals surface area contributed by atoms with Crippen molar-refractivity contribution in [2.24, 2.45) is 5.41 Å². The van der Waals surface area contributed by atoms with Crippen molar-refractivity contribution in [1.82, 2.24) is 0 Å². The number of anilines is 1. The SMILES string of the molecule is CC1=C(C)C(C)(C)C(C)(C)N1c1ccccc1. The van der Waals surface area contributed by atoms with Crippen LogP contribution in [-0.2, 0) is 0 Å². The zero-order valence-corrected chi connectivity index (χ0v) is 11.8. The third-order valence-corrected chi connectivity index (χ3v) is 4.92. The van der Waals surface area contributed by atoms with Gasteiger partial charge in [0.2, 0.25) is 0 Å². The van der Waals surface area contributed by atoms with Crippen LogP contribution in [0.5, 0.6) is 0 Å². The number of allylic oxidation sites excluding steroid dienone is 1.